The van der Waals surface area contributed by atoms with Crippen LogP contribution in [-0.2, 0) is 9.53 Å². The van der Waals surface area contributed by atoms with Crippen molar-refractivity contribution in [3.63, 3.8) is 0 Å². The summed E-state index contributed by atoms with van der Waals surface area (Å²) in [6, 6.07) is 16.2. The molecule has 0 amide bonds. The van der Waals surface area contributed by atoms with E-state index in [4.69, 9.17) is 14.1 Å². The standard InChI is InChI=1S/C24H19N3O3/c1-25-21(18-13-7-8-14-29-18)19-20(15-9-3-2-4-10-15)27-22(23(19)28)24-26-16-11-5-6-12-17(16)30-24/h2-14,18,22,25H,1H3/b21-19+. The molecule has 0 saturated heterocycles. The van der Waals surface area contributed by atoms with Crippen molar-refractivity contribution < 1.29 is 13.9 Å². The molecular weight excluding hydrogens is 378 g/mol. The molecule has 0 bridgehead atoms. The number of hydrogen-bond acceptors (Lipinski definition) is 6. The molecule has 6 heteroatoms. The molecule has 0 fully saturated rings. The van der Waals surface area contributed by atoms with Gasteiger partial charge in [-0.2, -0.15) is 0 Å². The molecule has 0 radical (unpaired) electrons. The lowest BCUT2D eigenvalue weighted by atomic mass is 9.95. The van der Waals surface area contributed by atoms with Crippen LogP contribution in [0.2, 0.25) is 0 Å². The number of aliphatic imine (C=N–C) groups is 1. The molecule has 1 N–H and O–H groups in total. The zero-order valence-electron chi connectivity index (χ0n) is 16.3. The highest BCUT2D eigenvalue weighted by Gasteiger charge is 2.40. The first-order valence-electron chi connectivity index (χ1n) is 9.70. The average molecular weight is 397 g/mol. The number of aromatic nitrogens is 1. The first kappa shape index (κ1) is 18.1. The smallest absolute Gasteiger partial charge is 0.228 e. The largest absolute Gasteiger partial charge is 0.488 e. The maximum absolute atomic E-state index is 13.6. The lowest BCUT2D eigenvalue weighted by Gasteiger charge is -2.21. The normalized spacial score (nSPS) is 22.2. The van der Waals surface area contributed by atoms with Gasteiger partial charge in [0.25, 0.3) is 0 Å². The average Bonchev–Trinajstić information content (AvgIpc) is 3.37. The van der Waals surface area contributed by atoms with Gasteiger partial charge >= 0.3 is 0 Å². The molecule has 5 rings (SSSR count). The third-order valence-corrected chi connectivity index (χ3v) is 5.11. The number of para-hydroxylation sites is 2. The summed E-state index contributed by atoms with van der Waals surface area (Å²) >= 11 is 0. The monoisotopic (exact) mass is 397 g/mol. The fraction of sp³-hybridized carbons (Fsp3) is 0.125. The molecule has 2 aliphatic rings. The Hall–Kier alpha value is -3.93. The zero-order valence-corrected chi connectivity index (χ0v) is 16.3. The van der Waals surface area contributed by atoms with Crippen LogP contribution in [0.5, 0.6) is 0 Å². The summed E-state index contributed by atoms with van der Waals surface area (Å²) in [6.07, 6.45) is 6.79. The van der Waals surface area contributed by atoms with Gasteiger partial charge in [0, 0.05) is 12.6 Å². The molecule has 2 unspecified atom stereocenters. The van der Waals surface area contributed by atoms with Crippen LogP contribution in [0, 0.1) is 0 Å². The number of ether oxygens (including phenoxy) is 1. The number of Topliss-reactive ketones (excluding diaryl/α,β-unsaturated/α-hetero) is 1. The second kappa shape index (κ2) is 7.48. The molecule has 3 heterocycles. The maximum Gasteiger partial charge on any atom is 0.228 e. The number of ketones is 1. The second-order valence-corrected chi connectivity index (χ2v) is 6.94. The molecule has 0 aliphatic carbocycles. The van der Waals surface area contributed by atoms with Crippen LogP contribution in [0.15, 0.2) is 99.8 Å². The van der Waals surface area contributed by atoms with Crippen LogP contribution in [0.25, 0.3) is 11.1 Å². The summed E-state index contributed by atoms with van der Waals surface area (Å²) in [6.45, 7) is 0. The van der Waals surface area contributed by atoms with Gasteiger partial charge in [0.15, 0.2) is 17.7 Å². The number of allylic oxidation sites excluding steroid dienone is 2. The van der Waals surface area contributed by atoms with Crippen LogP contribution >= 0.6 is 0 Å². The van der Waals surface area contributed by atoms with E-state index >= 15 is 0 Å². The van der Waals surface area contributed by atoms with Gasteiger partial charge in [-0.3, -0.25) is 9.79 Å². The highest BCUT2D eigenvalue weighted by Crippen LogP contribution is 2.35. The predicted octanol–water partition coefficient (Wildman–Crippen LogP) is 3.88. The minimum Gasteiger partial charge on any atom is -0.488 e. The van der Waals surface area contributed by atoms with Gasteiger partial charge < -0.3 is 14.5 Å². The van der Waals surface area contributed by atoms with Crippen molar-refractivity contribution in [2.45, 2.75) is 12.1 Å². The maximum atomic E-state index is 13.6. The molecule has 2 aliphatic heterocycles. The van der Waals surface area contributed by atoms with Gasteiger partial charge in [-0.05, 0) is 24.3 Å². The molecule has 2 atom stereocenters. The third-order valence-electron chi connectivity index (χ3n) is 5.11. The molecule has 1 aromatic heterocycles. The van der Waals surface area contributed by atoms with Crippen molar-refractivity contribution >= 4 is 22.6 Å². The number of rotatable bonds is 4. The molecule has 6 nitrogen and oxygen atoms in total. The van der Waals surface area contributed by atoms with Crippen LogP contribution in [-0.4, -0.2) is 29.6 Å². The first-order chi connectivity index (χ1) is 14.8. The Bertz CT molecular complexity index is 1200. The third kappa shape index (κ3) is 3.03. The Morgan fingerprint density at radius 3 is 2.57 bits per heavy atom. The second-order valence-electron chi connectivity index (χ2n) is 6.94. The Balaban J connectivity index is 1.66. The van der Waals surface area contributed by atoms with Crippen molar-refractivity contribution in [3.8, 4) is 0 Å². The van der Waals surface area contributed by atoms with Gasteiger partial charge in [0.1, 0.15) is 5.52 Å². The minimum absolute atomic E-state index is 0.170. The lowest BCUT2D eigenvalue weighted by molar-refractivity contribution is -0.116. The van der Waals surface area contributed by atoms with Gasteiger partial charge in [0.2, 0.25) is 11.7 Å². The van der Waals surface area contributed by atoms with E-state index in [1.807, 2.05) is 66.7 Å². The number of oxazole rings is 1. The number of hydrogen-bond donors (Lipinski definition) is 1. The zero-order chi connectivity index (χ0) is 20.5. The van der Waals surface area contributed by atoms with Gasteiger partial charge in [-0.25, -0.2) is 4.98 Å². The van der Waals surface area contributed by atoms with Crippen molar-refractivity contribution in [2.24, 2.45) is 4.99 Å². The van der Waals surface area contributed by atoms with E-state index in [1.165, 1.54) is 0 Å². The van der Waals surface area contributed by atoms with Gasteiger partial charge in [-0.1, -0.05) is 48.5 Å². The lowest BCUT2D eigenvalue weighted by Crippen LogP contribution is -2.28. The summed E-state index contributed by atoms with van der Waals surface area (Å²) in [7, 11) is 1.78. The number of likely N-dealkylation sites (N-methyl/N-ethyl adjacent to an activating group) is 1. The Kier molecular flexibility index (Phi) is 4.52. The Morgan fingerprint density at radius 1 is 1.03 bits per heavy atom. The van der Waals surface area contributed by atoms with Gasteiger partial charge in [0.05, 0.1) is 23.2 Å². The van der Waals surface area contributed by atoms with E-state index in [0.717, 1.165) is 5.56 Å². The Morgan fingerprint density at radius 2 is 1.83 bits per heavy atom. The van der Waals surface area contributed by atoms with Crippen LogP contribution in [0.4, 0.5) is 0 Å². The van der Waals surface area contributed by atoms with E-state index in [2.05, 4.69) is 10.3 Å². The summed E-state index contributed by atoms with van der Waals surface area (Å²) in [5, 5.41) is 3.16. The topological polar surface area (TPSA) is 76.7 Å². The summed E-state index contributed by atoms with van der Waals surface area (Å²) in [4.78, 5) is 22.9. The van der Waals surface area contributed by atoms with E-state index in [1.54, 1.807) is 19.4 Å². The molecular formula is C24H19N3O3. The predicted molar refractivity (Wildman–Crippen MR) is 114 cm³/mol. The Labute approximate surface area is 173 Å². The molecule has 30 heavy (non-hydrogen) atoms. The molecule has 0 saturated carbocycles. The SMILES string of the molecule is CN/C(=C1/C(=O)C(c2nc3ccccc3o2)N=C1c1ccccc1)C1C=CC=CO1. The number of benzene rings is 2. The number of carbonyl (C=O) groups is 1. The van der Waals surface area contributed by atoms with Gasteiger partial charge in [-0.15, -0.1) is 0 Å². The molecule has 3 aromatic rings. The van der Waals surface area contributed by atoms with E-state index in [9.17, 15) is 4.79 Å². The van der Waals surface area contributed by atoms with Crippen molar-refractivity contribution in [1.82, 2.24) is 10.3 Å². The quantitative estimate of drug-likeness (QED) is 0.676. The number of carbonyl (C=O) groups excluding carboxylic acids is 1. The van der Waals surface area contributed by atoms with E-state index in [-0.39, 0.29) is 5.78 Å². The van der Waals surface area contributed by atoms with Crippen molar-refractivity contribution in [1.29, 1.82) is 0 Å². The minimum atomic E-state index is -0.839. The van der Waals surface area contributed by atoms with Crippen molar-refractivity contribution in [3.05, 3.63) is 102 Å². The fourth-order valence-corrected chi connectivity index (χ4v) is 3.71. The summed E-state index contributed by atoms with van der Waals surface area (Å²) < 4.78 is 11.6. The highest BCUT2D eigenvalue weighted by atomic mass is 16.5. The molecule has 2 aromatic carbocycles. The summed E-state index contributed by atoms with van der Waals surface area (Å²) in [5.41, 5.74) is 3.92. The molecule has 148 valence electrons. The highest BCUT2D eigenvalue weighted by molar-refractivity contribution is 6.34. The fourth-order valence-electron chi connectivity index (χ4n) is 3.71. The molecule has 0 spiro atoms. The number of nitrogens with one attached hydrogen (secondary N) is 1. The summed E-state index contributed by atoms with van der Waals surface area (Å²) in [5.74, 6) is 0.122. The number of fused-ring (bicyclic) bond motifs is 1. The van der Waals surface area contributed by atoms with Crippen LogP contribution in [0.1, 0.15) is 17.5 Å². The van der Waals surface area contributed by atoms with Crippen molar-refractivity contribution in [2.75, 3.05) is 7.05 Å². The van der Waals surface area contributed by atoms with E-state index in [0.29, 0.717) is 34.0 Å². The number of nitrogens with zero attached hydrogens (tertiary/aromatic N) is 2. The van der Waals surface area contributed by atoms with Crippen LogP contribution in [0.3, 0.4) is 0 Å². The first-order valence-corrected chi connectivity index (χ1v) is 9.70. The van der Waals surface area contributed by atoms with E-state index < -0.39 is 12.1 Å². The van der Waals surface area contributed by atoms with Crippen LogP contribution < -0.4 is 5.32 Å².